The Morgan fingerprint density at radius 2 is 2.50 bits per heavy atom. The number of carboxylic acids is 1. The minimum Gasteiger partial charge on any atom is -0.481 e. The van der Waals surface area contributed by atoms with Crippen LogP contribution in [-0.2, 0) is 4.79 Å². The molecule has 1 aromatic rings. The molecule has 2 unspecified atom stereocenters. The van der Waals surface area contributed by atoms with Crippen molar-refractivity contribution in [2.45, 2.75) is 29.7 Å². The lowest BCUT2D eigenvalue weighted by Gasteiger charge is -2.12. The number of rotatable bonds is 3. The molecule has 0 aliphatic heterocycles. The highest BCUT2D eigenvalue weighted by molar-refractivity contribution is 7.99. The van der Waals surface area contributed by atoms with Crippen LogP contribution in [-0.4, -0.2) is 21.3 Å². The average molecular weight is 213 g/mol. The maximum atomic E-state index is 10.9. The fourth-order valence-electron chi connectivity index (χ4n) is 1.75. The van der Waals surface area contributed by atoms with Gasteiger partial charge >= 0.3 is 5.97 Å². The third-order valence-electron chi connectivity index (χ3n) is 2.43. The van der Waals surface area contributed by atoms with E-state index >= 15 is 0 Å². The summed E-state index contributed by atoms with van der Waals surface area (Å²) in [4.78, 5) is 14.9. The van der Waals surface area contributed by atoms with E-state index in [1.807, 2.05) is 0 Å². The van der Waals surface area contributed by atoms with Crippen molar-refractivity contribution >= 4 is 17.7 Å². The maximum absolute atomic E-state index is 10.9. The zero-order valence-corrected chi connectivity index (χ0v) is 8.37. The standard InChI is InChI=1S/C9H11NO3S/c11-8(12)6-2-1-3-7(6)14-9-10-4-5-13-9/h4-7H,1-3H2,(H,11,12). The molecule has 4 nitrogen and oxygen atoms in total. The van der Waals surface area contributed by atoms with Crippen molar-refractivity contribution in [3.05, 3.63) is 12.5 Å². The highest BCUT2D eigenvalue weighted by Gasteiger charge is 2.34. The number of hydrogen-bond acceptors (Lipinski definition) is 4. The first-order chi connectivity index (χ1) is 6.77. The molecule has 2 rings (SSSR count). The van der Waals surface area contributed by atoms with Crippen molar-refractivity contribution in [2.24, 2.45) is 5.92 Å². The van der Waals surface area contributed by atoms with Crippen molar-refractivity contribution in [3.63, 3.8) is 0 Å². The van der Waals surface area contributed by atoms with Gasteiger partial charge < -0.3 is 9.52 Å². The molecule has 1 saturated carbocycles. The number of thioether (sulfide) groups is 1. The molecule has 1 heterocycles. The Kier molecular flexibility index (Phi) is 2.77. The van der Waals surface area contributed by atoms with Crippen molar-refractivity contribution in [1.29, 1.82) is 0 Å². The highest BCUT2D eigenvalue weighted by atomic mass is 32.2. The first-order valence-electron chi connectivity index (χ1n) is 4.56. The van der Waals surface area contributed by atoms with Gasteiger partial charge in [0, 0.05) is 5.25 Å². The zero-order valence-electron chi connectivity index (χ0n) is 7.55. The molecule has 0 amide bonds. The van der Waals surface area contributed by atoms with Gasteiger partial charge in [-0.15, -0.1) is 0 Å². The molecular weight excluding hydrogens is 202 g/mol. The lowest BCUT2D eigenvalue weighted by atomic mass is 10.1. The van der Waals surface area contributed by atoms with Crippen LogP contribution in [0.15, 0.2) is 22.1 Å². The van der Waals surface area contributed by atoms with E-state index in [4.69, 9.17) is 9.52 Å². The molecule has 14 heavy (non-hydrogen) atoms. The van der Waals surface area contributed by atoms with E-state index in [2.05, 4.69) is 4.98 Å². The Morgan fingerprint density at radius 3 is 3.14 bits per heavy atom. The summed E-state index contributed by atoms with van der Waals surface area (Å²) in [6.07, 6.45) is 5.77. The van der Waals surface area contributed by atoms with Crippen LogP contribution in [0.1, 0.15) is 19.3 Å². The highest BCUT2D eigenvalue weighted by Crippen LogP contribution is 2.38. The smallest absolute Gasteiger partial charge is 0.307 e. The fraction of sp³-hybridized carbons (Fsp3) is 0.556. The van der Waals surface area contributed by atoms with Gasteiger partial charge in [-0.3, -0.25) is 4.79 Å². The van der Waals surface area contributed by atoms with Crippen LogP contribution in [0.5, 0.6) is 0 Å². The zero-order chi connectivity index (χ0) is 9.97. The van der Waals surface area contributed by atoms with E-state index in [1.165, 1.54) is 18.0 Å². The van der Waals surface area contributed by atoms with Crippen LogP contribution in [0.25, 0.3) is 0 Å². The first-order valence-corrected chi connectivity index (χ1v) is 5.44. The second-order valence-corrected chi connectivity index (χ2v) is 4.52. The number of carboxylic acid groups (broad SMARTS) is 1. The van der Waals surface area contributed by atoms with Crippen molar-refractivity contribution in [2.75, 3.05) is 0 Å². The van der Waals surface area contributed by atoms with Crippen LogP contribution < -0.4 is 0 Å². The van der Waals surface area contributed by atoms with Crippen LogP contribution in [0, 0.1) is 5.92 Å². The van der Waals surface area contributed by atoms with Crippen LogP contribution in [0.2, 0.25) is 0 Å². The normalized spacial score (nSPS) is 26.6. The third-order valence-corrected chi connectivity index (χ3v) is 3.70. The van der Waals surface area contributed by atoms with Crippen molar-refractivity contribution < 1.29 is 14.3 Å². The Bertz CT molecular complexity index is 312. The second-order valence-electron chi connectivity index (χ2n) is 3.33. The van der Waals surface area contributed by atoms with E-state index in [-0.39, 0.29) is 11.2 Å². The van der Waals surface area contributed by atoms with Crippen molar-refractivity contribution in [3.8, 4) is 0 Å². The van der Waals surface area contributed by atoms with Gasteiger partial charge in [-0.1, -0.05) is 18.2 Å². The Labute approximate surface area is 85.7 Å². The number of aromatic nitrogens is 1. The molecule has 2 atom stereocenters. The van der Waals surface area contributed by atoms with Crippen molar-refractivity contribution in [1.82, 2.24) is 4.98 Å². The lowest BCUT2D eigenvalue weighted by molar-refractivity contribution is -0.141. The topological polar surface area (TPSA) is 63.3 Å². The predicted molar refractivity (Wildman–Crippen MR) is 51.1 cm³/mol. The number of nitrogens with zero attached hydrogens (tertiary/aromatic N) is 1. The summed E-state index contributed by atoms with van der Waals surface area (Å²) in [6.45, 7) is 0. The Balaban J connectivity index is 2.00. The molecule has 5 heteroatoms. The number of aliphatic carboxylic acids is 1. The molecule has 0 spiro atoms. The van der Waals surface area contributed by atoms with Gasteiger partial charge in [0.15, 0.2) is 0 Å². The summed E-state index contributed by atoms with van der Waals surface area (Å²) in [5.41, 5.74) is 0. The first kappa shape index (κ1) is 9.58. The second kappa shape index (κ2) is 4.04. The molecule has 0 bridgehead atoms. The molecule has 0 radical (unpaired) electrons. The molecule has 0 aromatic carbocycles. The minimum atomic E-state index is -0.702. The molecule has 1 fully saturated rings. The maximum Gasteiger partial charge on any atom is 0.307 e. The van der Waals surface area contributed by atoms with Crippen LogP contribution >= 0.6 is 11.8 Å². The molecule has 1 aromatic heterocycles. The van der Waals surface area contributed by atoms with Gasteiger partial charge in [-0.25, -0.2) is 4.98 Å². The largest absolute Gasteiger partial charge is 0.481 e. The summed E-state index contributed by atoms with van der Waals surface area (Å²) in [5.74, 6) is -0.946. The van der Waals surface area contributed by atoms with E-state index in [1.54, 1.807) is 6.20 Å². The van der Waals surface area contributed by atoms with Crippen LogP contribution in [0.4, 0.5) is 0 Å². The average Bonchev–Trinajstić information content (AvgIpc) is 2.75. The van der Waals surface area contributed by atoms with Crippen LogP contribution in [0.3, 0.4) is 0 Å². The van der Waals surface area contributed by atoms with E-state index in [9.17, 15) is 4.79 Å². The number of carbonyl (C=O) groups is 1. The summed E-state index contributed by atoms with van der Waals surface area (Å²) in [7, 11) is 0. The van der Waals surface area contributed by atoms with E-state index in [0.29, 0.717) is 5.22 Å². The van der Waals surface area contributed by atoms with E-state index in [0.717, 1.165) is 19.3 Å². The summed E-state index contributed by atoms with van der Waals surface area (Å²) in [6, 6.07) is 0. The quantitative estimate of drug-likeness (QED) is 0.832. The van der Waals surface area contributed by atoms with E-state index < -0.39 is 5.97 Å². The van der Waals surface area contributed by atoms with Gasteiger partial charge in [0.05, 0.1) is 12.1 Å². The van der Waals surface area contributed by atoms with Gasteiger partial charge in [-0.2, -0.15) is 0 Å². The molecule has 0 saturated heterocycles. The summed E-state index contributed by atoms with van der Waals surface area (Å²) in [5, 5.41) is 9.64. The lowest BCUT2D eigenvalue weighted by Crippen LogP contribution is -2.19. The van der Waals surface area contributed by atoms with Gasteiger partial charge in [0.2, 0.25) is 0 Å². The Morgan fingerprint density at radius 1 is 1.64 bits per heavy atom. The molecule has 76 valence electrons. The Hall–Kier alpha value is -0.970. The molecular formula is C9H11NO3S. The van der Waals surface area contributed by atoms with Gasteiger partial charge in [0.1, 0.15) is 6.26 Å². The number of hydrogen-bond donors (Lipinski definition) is 1. The monoisotopic (exact) mass is 213 g/mol. The third kappa shape index (κ3) is 1.92. The molecule has 1 N–H and O–H groups in total. The molecule has 1 aliphatic carbocycles. The van der Waals surface area contributed by atoms with Gasteiger partial charge in [0.25, 0.3) is 5.22 Å². The minimum absolute atomic E-state index is 0.117. The SMILES string of the molecule is O=C(O)C1CCCC1Sc1ncco1. The predicted octanol–water partition coefficient (Wildman–Crippen LogP) is 2.02. The molecule has 1 aliphatic rings. The number of oxazole rings is 1. The van der Waals surface area contributed by atoms with Gasteiger partial charge in [-0.05, 0) is 12.8 Å². The summed E-state index contributed by atoms with van der Waals surface area (Å²) >= 11 is 1.44. The summed E-state index contributed by atoms with van der Waals surface area (Å²) < 4.78 is 5.08. The fourth-order valence-corrected chi connectivity index (χ4v) is 2.94.